The second-order valence-electron chi connectivity index (χ2n) is 4.89. The summed E-state index contributed by atoms with van der Waals surface area (Å²) in [6.45, 7) is 0.200. The van der Waals surface area contributed by atoms with E-state index in [1.807, 2.05) is 18.2 Å². The van der Waals surface area contributed by atoms with Gasteiger partial charge in [-0.25, -0.2) is 9.59 Å². The van der Waals surface area contributed by atoms with Gasteiger partial charge in [0.25, 0.3) is 0 Å². The number of rotatable bonds is 0. The fraction of sp³-hybridized carbons (Fsp3) is 0.0588. The Hall–Kier alpha value is -2.88. The third-order valence-electron chi connectivity index (χ3n) is 3.67. The minimum absolute atomic E-state index is 0.200. The molecule has 1 aromatic heterocycles. The zero-order valence-electron chi connectivity index (χ0n) is 11.0. The lowest BCUT2D eigenvalue weighted by Crippen LogP contribution is -2.03. The highest BCUT2D eigenvalue weighted by Crippen LogP contribution is 2.30. The first-order valence-corrected chi connectivity index (χ1v) is 6.56. The summed E-state index contributed by atoms with van der Waals surface area (Å²) < 4.78 is 10.4. The van der Waals surface area contributed by atoms with Crippen LogP contribution < -0.4 is 5.63 Å². The summed E-state index contributed by atoms with van der Waals surface area (Å²) in [6.07, 6.45) is 3.09. The van der Waals surface area contributed by atoms with E-state index in [0.717, 1.165) is 21.9 Å². The largest absolute Gasteiger partial charge is 0.458 e. The van der Waals surface area contributed by atoms with Gasteiger partial charge < -0.3 is 9.15 Å². The molecule has 1 aliphatic rings. The summed E-state index contributed by atoms with van der Waals surface area (Å²) in [4.78, 5) is 23.6. The van der Waals surface area contributed by atoms with Gasteiger partial charge in [-0.05, 0) is 29.3 Å². The van der Waals surface area contributed by atoms with Crippen molar-refractivity contribution in [3.05, 3.63) is 64.0 Å². The van der Waals surface area contributed by atoms with E-state index in [-0.39, 0.29) is 18.2 Å². The number of ether oxygens (including phenoxy) is 1. The van der Waals surface area contributed by atoms with Crippen LogP contribution >= 0.6 is 0 Å². The number of hydrogen-bond acceptors (Lipinski definition) is 4. The van der Waals surface area contributed by atoms with Crippen molar-refractivity contribution in [2.75, 3.05) is 0 Å². The Bertz CT molecular complexity index is 979. The second kappa shape index (κ2) is 4.31. The van der Waals surface area contributed by atoms with E-state index in [2.05, 4.69) is 0 Å². The molecule has 0 aliphatic carbocycles. The van der Waals surface area contributed by atoms with Gasteiger partial charge in [0, 0.05) is 16.8 Å². The van der Waals surface area contributed by atoms with Crippen molar-refractivity contribution in [2.45, 2.75) is 6.61 Å². The van der Waals surface area contributed by atoms with Crippen LogP contribution in [0.3, 0.4) is 0 Å². The number of cyclic esters (lactones) is 1. The Kier molecular flexibility index (Phi) is 2.44. The predicted octanol–water partition coefficient (Wildman–Crippen LogP) is 3.02. The smallest absolute Gasteiger partial charge is 0.344 e. The van der Waals surface area contributed by atoms with Gasteiger partial charge >= 0.3 is 11.6 Å². The maximum atomic E-state index is 12.1. The van der Waals surface area contributed by atoms with Gasteiger partial charge in [0.05, 0.1) is 5.39 Å². The molecule has 102 valence electrons. The third-order valence-corrected chi connectivity index (χ3v) is 3.67. The van der Waals surface area contributed by atoms with E-state index >= 15 is 0 Å². The van der Waals surface area contributed by atoms with Gasteiger partial charge in [0.15, 0.2) is 0 Å². The Balaban J connectivity index is 2.25. The zero-order valence-corrected chi connectivity index (χ0v) is 11.0. The second-order valence-corrected chi connectivity index (χ2v) is 4.89. The molecule has 2 aromatic carbocycles. The maximum absolute atomic E-state index is 12.1. The predicted molar refractivity (Wildman–Crippen MR) is 78.8 cm³/mol. The summed E-state index contributed by atoms with van der Waals surface area (Å²) in [5.41, 5.74) is 1.87. The Morgan fingerprint density at radius 1 is 0.905 bits per heavy atom. The van der Waals surface area contributed by atoms with E-state index < -0.39 is 0 Å². The minimum atomic E-state index is -0.383. The number of fused-ring (bicyclic) bond motifs is 5. The standard InChI is InChI=1S/C17H10O4/c18-15-8-7-11-10(9-20-15)5-6-13-16(11)12-3-1-2-4-14(12)21-17(13)19/h1-8H,9H2. The number of carbonyl (C=O) groups excluding carboxylic acids is 1. The summed E-state index contributed by atoms with van der Waals surface area (Å²) in [6, 6.07) is 10.9. The molecule has 2 heterocycles. The average Bonchev–Trinajstić information content (AvgIpc) is 2.69. The normalized spacial score (nSPS) is 14.0. The molecule has 0 atom stereocenters. The summed E-state index contributed by atoms with van der Waals surface area (Å²) >= 11 is 0. The van der Waals surface area contributed by atoms with Crippen molar-refractivity contribution in [1.82, 2.24) is 0 Å². The average molecular weight is 278 g/mol. The molecule has 21 heavy (non-hydrogen) atoms. The molecular formula is C17H10O4. The molecule has 0 spiro atoms. The molecule has 0 unspecified atom stereocenters. The number of esters is 1. The molecule has 0 saturated carbocycles. The molecule has 1 aliphatic heterocycles. The van der Waals surface area contributed by atoms with Crippen LogP contribution in [0.4, 0.5) is 0 Å². The van der Waals surface area contributed by atoms with Crippen molar-refractivity contribution in [3.8, 4) is 0 Å². The molecule has 4 nitrogen and oxygen atoms in total. The van der Waals surface area contributed by atoms with Gasteiger partial charge in [0.2, 0.25) is 0 Å². The van der Waals surface area contributed by atoms with Gasteiger partial charge in [-0.15, -0.1) is 0 Å². The molecule has 4 rings (SSSR count). The van der Waals surface area contributed by atoms with E-state index in [1.54, 1.807) is 24.3 Å². The molecule has 0 fully saturated rings. The molecule has 0 bridgehead atoms. The van der Waals surface area contributed by atoms with Gasteiger partial charge in [-0.2, -0.15) is 0 Å². The van der Waals surface area contributed by atoms with Crippen molar-refractivity contribution in [1.29, 1.82) is 0 Å². The molecule has 3 aromatic rings. The first-order chi connectivity index (χ1) is 10.2. The van der Waals surface area contributed by atoms with E-state index in [1.165, 1.54) is 6.08 Å². The highest BCUT2D eigenvalue weighted by Gasteiger charge is 2.16. The van der Waals surface area contributed by atoms with Gasteiger partial charge in [-0.1, -0.05) is 24.3 Å². The molecule has 0 amide bonds. The SMILES string of the molecule is O=C1C=Cc2c(ccc3c(=O)oc4ccccc4c23)CO1. The van der Waals surface area contributed by atoms with Gasteiger partial charge in [0.1, 0.15) is 12.2 Å². The number of hydrogen-bond donors (Lipinski definition) is 0. The molecule has 0 radical (unpaired) electrons. The van der Waals surface area contributed by atoms with E-state index in [4.69, 9.17) is 9.15 Å². The Morgan fingerprint density at radius 3 is 2.67 bits per heavy atom. The minimum Gasteiger partial charge on any atom is -0.458 e. The molecule has 4 heteroatoms. The van der Waals surface area contributed by atoms with Crippen molar-refractivity contribution in [2.24, 2.45) is 0 Å². The van der Waals surface area contributed by atoms with Gasteiger partial charge in [-0.3, -0.25) is 0 Å². The summed E-state index contributed by atoms with van der Waals surface area (Å²) in [7, 11) is 0. The topological polar surface area (TPSA) is 56.5 Å². The highest BCUT2D eigenvalue weighted by molar-refractivity contribution is 6.10. The maximum Gasteiger partial charge on any atom is 0.344 e. The quantitative estimate of drug-likeness (QED) is 0.360. The fourth-order valence-electron chi connectivity index (χ4n) is 2.70. The van der Waals surface area contributed by atoms with Crippen LogP contribution in [0.15, 0.2) is 51.7 Å². The van der Waals surface area contributed by atoms with Crippen LogP contribution in [0.2, 0.25) is 0 Å². The van der Waals surface area contributed by atoms with Crippen LogP contribution in [0.1, 0.15) is 11.1 Å². The number of benzene rings is 2. The lowest BCUT2D eigenvalue weighted by atomic mass is 9.97. The van der Waals surface area contributed by atoms with E-state index in [0.29, 0.717) is 11.0 Å². The first-order valence-electron chi connectivity index (χ1n) is 6.56. The van der Waals surface area contributed by atoms with Crippen molar-refractivity contribution < 1.29 is 13.9 Å². The summed E-state index contributed by atoms with van der Waals surface area (Å²) in [5, 5.41) is 2.16. The monoisotopic (exact) mass is 278 g/mol. The van der Waals surface area contributed by atoms with Crippen LogP contribution in [-0.2, 0) is 16.1 Å². The van der Waals surface area contributed by atoms with Crippen LogP contribution in [0, 0.1) is 0 Å². The Labute approximate surface area is 119 Å². The zero-order chi connectivity index (χ0) is 14.4. The molecule has 0 N–H and O–H groups in total. The first kappa shape index (κ1) is 11.9. The molecule has 0 saturated heterocycles. The van der Waals surface area contributed by atoms with Crippen molar-refractivity contribution >= 4 is 33.8 Å². The Morgan fingerprint density at radius 2 is 1.76 bits per heavy atom. The number of carbonyl (C=O) groups is 1. The lowest BCUT2D eigenvalue weighted by molar-refractivity contribution is -0.138. The fourth-order valence-corrected chi connectivity index (χ4v) is 2.70. The number of para-hydroxylation sites is 1. The van der Waals surface area contributed by atoms with Crippen molar-refractivity contribution in [3.63, 3.8) is 0 Å². The lowest BCUT2D eigenvalue weighted by Gasteiger charge is -2.09. The third kappa shape index (κ3) is 1.76. The highest BCUT2D eigenvalue weighted by atomic mass is 16.5. The van der Waals surface area contributed by atoms with Crippen LogP contribution in [-0.4, -0.2) is 5.97 Å². The van der Waals surface area contributed by atoms with Crippen LogP contribution in [0.25, 0.3) is 27.8 Å². The molecular weight excluding hydrogens is 268 g/mol. The summed E-state index contributed by atoms with van der Waals surface area (Å²) in [5.74, 6) is -0.383. The van der Waals surface area contributed by atoms with E-state index in [9.17, 15) is 9.59 Å². The van der Waals surface area contributed by atoms with Crippen LogP contribution in [0.5, 0.6) is 0 Å².